The average molecular weight is 250 g/mol. The summed E-state index contributed by atoms with van der Waals surface area (Å²) in [7, 11) is 1.56. The zero-order valence-electron chi connectivity index (χ0n) is 10.7. The van der Waals surface area contributed by atoms with Crippen LogP contribution >= 0.6 is 0 Å². The van der Waals surface area contributed by atoms with Gasteiger partial charge in [0.1, 0.15) is 0 Å². The number of carboxylic acids is 1. The van der Waals surface area contributed by atoms with Crippen molar-refractivity contribution in [3.05, 3.63) is 23.8 Å². The van der Waals surface area contributed by atoms with Gasteiger partial charge in [-0.15, -0.1) is 0 Å². The molecular formula is C14H18O4. The van der Waals surface area contributed by atoms with Gasteiger partial charge >= 0.3 is 5.97 Å². The van der Waals surface area contributed by atoms with Crippen LogP contribution in [0.25, 0.3) is 0 Å². The van der Waals surface area contributed by atoms with E-state index >= 15 is 0 Å². The number of aryl methyl sites for hydroxylation is 1. The fourth-order valence-corrected chi connectivity index (χ4v) is 1.91. The van der Waals surface area contributed by atoms with Crippen LogP contribution in [0.5, 0.6) is 11.5 Å². The Morgan fingerprint density at radius 1 is 1.44 bits per heavy atom. The van der Waals surface area contributed by atoms with E-state index in [4.69, 9.17) is 14.6 Å². The van der Waals surface area contributed by atoms with Crippen molar-refractivity contribution >= 4 is 5.97 Å². The predicted molar refractivity (Wildman–Crippen MR) is 67.1 cm³/mol. The molecule has 0 heterocycles. The van der Waals surface area contributed by atoms with Crippen LogP contribution in [0, 0.1) is 5.92 Å². The van der Waals surface area contributed by atoms with Crippen molar-refractivity contribution in [1.82, 2.24) is 0 Å². The molecule has 0 aliphatic heterocycles. The number of hydrogen-bond donors (Lipinski definition) is 1. The second-order valence-electron chi connectivity index (χ2n) is 4.55. The topological polar surface area (TPSA) is 55.8 Å². The first-order valence-corrected chi connectivity index (χ1v) is 6.22. The van der Waals surface area contributed by atoms with E-state index in [9.17, 15) is 4.79 Å². The molecule has 0 bridgehead atoms. The van der Waals surface area contributed by atoms with Crippen molar-refractivity contribution in [2.45, 2.75) is 32.3 Å². The molecule has 2 rings (SSSR count). The lowest BCUT2D eigenvalue weighted by atomic mass is 10.1. The first kappa shape index (κ1) is 12.7. The largest absolute Gasteiger partial charge is 0.493 e. The van der Waals surface area contributed by atoms with Crippen molar-refractivity contribution in [1.29, 1.82) is 0 Å². The van der Waals surface area contributed by atoms with Crippen LogP contribution in [0.4, 0.5) is 0 Å². The monoisotopic (exact) mass is 250 g/mol. The maximum atomic E-state index is 11.1. The van der Waals surface area contributed by atoms with E-state index in [0.717, 1.165) is 24.8 Å². The molecular weight excluding hydrogens is 232 g/mol. The van der Waals surface area contributed by atoms with Gasteiger partial charge in [-0.05, 0) is 37.0 Å². The molecule has 1 atom stereocenters. The molecule has 0 radical (unpaired) electrons. The van der Waals surface area contributed by atoms with E-state index in [-0.39, 0.29) is 5.92 Å². The lowest BCUT2D eigenvalue weighted by Gasteiger charge is -2.17. The lowest BCUT2D eigenvalue weighted by Crippen LogP contribution is -2.29. The summed E-state index contributed by atoms with van der Waals surface area (Å²) >= 11 is 0. The van der Waals surface area contributed by atoms with Gasteiger partial charge in [-0.2, -0.15) is 0 Å². The normalized spacial score (nSPS) is 16.1. The summed E-state index contributed by atoms with van der Waals surface area (Å²) in [5.74, 6) is 0.340. The predicted octanol–water partition coefficient (Wildman–Crippen LogP) is 2.50. The maximum absolute atomic E-state index is 11.1. The third-order valence-corrected chi connectivity index (χ3v) is 3.18. The van der Waals surface area contributed by atoms with Gasteiger partial charge in [0.2, 0.25) is 0 Å². The van der Waals surface area contributed by atoms with Gasteiger partial charge in [-0.1, -0.05) is 13.0 Å². The number of carbonyl (C=O) groups is 1. The smallest absolute Gasteiger partial charge is 0.345 e. The highest BCUT2D eigenvalue weighted by Crippen LogP contribution is 2.37. The average Bonchev–Trinajstić information content (AvgIpc) is 3.19. The van der Waals surface area contributed by atoms with E-state index in [1.807, 2.05) is 12.1 Å². The van der Waals surface area contributed by atoms with Gasteiger partial charge in [0.05, 0.1) is 7.11 Å². The Balaban J connectivity index is 2.19. The first-order chi connectivity index (χ1) is 8.65. The number of carboxylic acid groups (broad SMARTS) is 1. The molecule has 4 heteroatoms. The molecule has 0 saturated heterocycles. The fraction of sp³-hybridized carbons (Fsp3) is 0.500. The Hall–Kier alpha value is -1.71. The third kappa shape index (κ3) is 2.75. The van der Waals surface area contributed by atoms with Crippen molar-refractivity contribution in [3.8, 4) is 11.5 Å². The number of ether oxygens (including phenoxy) is 2. The van der Waals surface area contributed by atoms with Crippen LogP contribution in [-0.2, 0) is 11.2 Å². The van der Waals surface area contributed by atoms with Gasteiger partial charge < -0.3 is 14.6 Å². The molecule has 1 N–H and O–H groups in total. The molecule has 0 amide bonds. The Labute approximate surface area is 107 Å². The van der Waals surface area contributed by atoms with Crippen LogP contribution in [0.1, 0.15) is 25.3 Å². The summed E-state index contributed by atoms with van der Waals surface area (Å²) < 4.78 is 10.8. The molecule has 1 aromatic rings. The quantitative estimate of drug-likeness (QED) is 0.842. The van der Waals surface area contributed by atoms with Crippen molar-refractivity contribution in [2.75, 3.05) is 7.11 Å². The summed E-state index contributed by atoms with van der Waals surface area (Å²) in [5.41, 5.74) is 1.14. The highest BCUT2D eigenvalue weighted by atomic mass is 16.5. The molecule has 0 aromatic heterocycles. The molecule has 1 aliphatic rings. The maximum Gasteiger partial charge on any atom is 0.345 e. The van der Waals surface area contributed by atoms with Gasteiger partial charge in [-0.3, -0.25) is 0 Å². The summed E-state index contributed by atoms with van der Waals surface area (Å²) in [4.78, 5) is 11.1. The first-order valence-electron chi connectivity index (χ1n) is 6.22. The summed E-state index contributed by atoms with van der Waals surface area (Å²) in [5, 5.41) is 9.14. The van der Waals surface area contributed by atoms with Crippen molar-refractivity contribution < 1.29 is 19.4 Å². The zero-order chi connectivity index (χ0) is 13.1. The van der Waals surface area contributed by atoms with E-state index < -0.39 is 12.1 Å². The number of methoxy groups -OCH3 is 1. The molecule has 1 fully saturated rings. The Morgan fingerprint density at radius 2 is 2.17 bits per heavy atom. The summed E-state index contributed by atoms with van der Waals surface area (Å²) in [6, 6.07) is 5.61. The molecule has 4 nitrogen and oxygen atoms in total. The van der Waals surface area contributed by atoms with Crippen LogP contribution in [-0.4, -0.2) is 24.3 Å². The van der Waals surface area contributed by atoms with Gasteiger partial charge in [-0.25, -0.2) is 4.79 Å². The molecule has 1 aliphatic carbocycles. The minimum Gasteiger partial charge on any atom is -0.493 e. The van der Waals surface area contributed by atoms with Crippen LogP contribution in [0.3, 0.4) is 0 Å². The molecule has 1 aromatic carbocycles. The van der Waals surface area contributed by atoms with E-state index in [1.165, 1.54) is 0 Å². The molecule has 1 unspecified atom stereocenters. The molecule has 18 heavy (non-hydrogen) atoms. The number of aliphatic carboxylic acids is 1. The van der Waals surface area contributed by atoms with Crippen LogP contribution < -0.4 is 9.47 Å². The third-order valence-electron chi connectivity index (χ3n) is 3.18. The SMILES string of the molecule is CCc1ccc(OC(C(=O)O)C2CC2)c(OC)c1. The number of hydrogen-bond acceptors (Lipinski definition) is 3. The zero-order valence-corrected chi connectivity index (χ0v) is 10.7. The molecule has 1 saturated carbocycles. The Morgan fingerprint density at radius 3 is 2.67 bits per heavy atom. The summed E-state index contributed by atoms with van der Waals surface area (Å²) in [6.45, 7) is 2.06. The Kier molecular flexibility index (Phi) is 3.75. The van der Waals surface area contributed by atoms with Crippen LogP contribution in [0.2, 0.25) is 0 Å². The van der Waals surface area contributed by atoms with Gasteiger partial charge in [0.15, 0.2) is 17.6 Å². The minimum absolute atomic E-state index is 0.137. The van der Waals surface area contributed by atoms with Crippen molar-refractivity contribution in [2.24, 2.45) is 5.92 Å². The second kappa shape index (κ2) is 5.29. The second-order valence-corrected chi connectivity index (χ2v) is 4.55. The standard InChI is InChI=1S/C14H18O4/c1-3-9-4-7-11(12(8-9)17-2)18-13(14(15)16)10-5-6-10/h4,7-8,10,13H,3,5-6H2,1-2H3,(H,15,16). The Bertz CT molecular complexity index is 437. The molecule has 98 valence electrons. The minimum atomic E-state index is -0.904. The van der Waals surface area contributed by atoms with Gasteiger partial charge in [0.25, 0.3) is 0 Å². The lowest BCUT2D eigenvalue weighted by molar-refractivity contribution is -0.146. The summed E-state index contributed by atoms with van der Waals surface area (Å²) in [6.07, 6.45) is 1.99. The van der Waals surface area contributed by atoms with E-state index in [2.05, 4.69) is 6.92 Å². The highest BCUT2D eigenvalue weighted by molar-refractivity contribution is 5.73. The number of benzene rings is 1. The van der Waals surface area contributed by atoms with Crippen LogP contribution in [0.15, 0.2) is 18.2 Å². The highest BCUT2D eigenvalue weighted by Gasteiger charge is 2.38. The van der Waals surface area contributed by atoms with Gasteiger partial charge in [0, 0.05) is 5.92 Å². The number of rotatable bonds is 6. The fourth-order valence-electron chi connectivity index (χ4n) is 1.91. The van der Waals surface area contributed by atoms with Crippen molar-refractivity contribution in [3.63, 3.8) is 0 Å². The van der Waals surface area contributed by atoms with E-state index in [0.29, 0.717) is 11.5 Å². The molecule has 0 spiro atoms. The van der Waals surface area contributed by atoms with E-state index in [1.54, 1.807) is 13.2 Å².